The van der Waals surface area contributed by atoms with E-state index in [-0.39, 0.29) is 17.2 Å². The van der Waals surface area contributed by atoms with Gasteiger partial charge in [0.2, 0.25) is 0 Å². The van der Waals surface area contributed by atoms with Crippen LogP contribution in [-0.4, -0.2) is 29.8 Å². The highest BCUT2D eigenvalue weighted by Gasteiger charge is 2.22. The highest BCUT2D eigenvalue weighted by atomic mass is 19.1. The predicted octanol–water partition coefficient (Wildman–Crippen LogP) is 3.61. The number of amides is 2. The Morgan fingerprint density at radius 3 is 2.27 bits per heavy atom. The first kappa shape index (κ1) is 17.9. The fourth-order valence-electron chi connectivity index (χ4n) is 2.95. The van der Waals surface area contributed by atoms with Crippen LogP contribution in [0.15, 0.2) is 60.3 Å². The molecule has 2 aromatic carbocycles. The molecule has 3 rings (SSSR count). The fourth-order valence-corrected chi connectivity index (χ4v) is 2.95. The van der Waals surface area contributed by atoms with Crippen LogP contribution in [0.4, 0.5) is 4.39 Å². The van der Waals surface area contributed by atoms with Crippen molar-refractivity contribution in [3.05, 3.63) is 77.2 Å². The third-order valence-corrected chi connectivity index (χ3v) is 4.36. The van der Waals surface area contributed by atoms with Crippen molar-refractivity contribution in [2.75, 3.05) is 13.1 Å². The molecule has 0 atom stereocenters. The average molecular weight is 352 g/mol. The van der Waals surface area contributed by atoms with E-state index in [4.69, 9.17) is 0 Å². The zero-order chi connectivity index (χ0) is 18.4. The molecule has 1 saturated heterocycles. The summed E-state index contributed by atoms with van der Waals surface area (Å²) in [6.07, 6.45) is 4.37. The van der Waals surface area contributed by atoms with Gasteiger partial charge in [-0.2, -0.15) is 0 Å². The van der Waals surface area contributed by atoms with Crippen molar-refractivity contribution in [1.82, 2.24) is 10.2 Å². The van der Waals surface area contributed by atoms with Gasteiger partial charge in [-0.3, -0.25) is 9.59 Å². The van der Waals surface area contributed by atoms with Crippen LogP contribution in [0.5, 0.6) is 0 Å². The number of rotatable bonds is 4. The summed E-state index contributed by atoms with van der Waals surface area (Å²) in [7, 11) is 0. The van der Waals surface area contributed by atoms with Gasteiger partial charge in [0, 0.05) is 24.2 Å². The molecule has 26 heavy (non-hydrogen) atoms. The predicted molar refractivity (Wildman–Crippen MR) is 98.7 cm³/mol. The standard InChI is InChI=1S/C21H21FN2O2/c22-18-12-6-5-11-17(18)15-19(21(26)24-13-7-2-8-14-24)23-20(25)16-9-3-1-4-10-16/h1,3-6,9-12,15H,2,7-8,13-14H2,(H,23,25)/b19-15-. The molecule has 1 aliphatic rings. The van der Waals surface area contributed by atoms with Crippen molar-refractivity contribution in [1.29, 1.82) is 0 Å². The van der Waals surface area contributed by atoms with E-state index in [2.05, 4.69) is 5.32 Å². The van der Waals surface area contributed by atoms with E-state index < -0.39 is 11.7 Å². The number of nitrogens with one attached hydrogen (secondary N) is 1. The summed E-state index contributed by atoms with van der Waals surface area (Å²) in [4.78, 5) is 27.1. The first-order valence-electron chi connectivity index (χ1n) is 8.77. The number of piperidine rings is 1. The maximum atomic E-state index is 14.0. The van der Waals surface area contributed by atoms with Crippen LogP contribution in [0.1, 0.15) is 35.2 Å². The quantitative estimate of drug-likeness (QED) is 0.855. The van der Waals surface area contributed by atoms with Gasteiger partial charge < -0.3 is 10.2 Å². The molecule has 5 heteroatoms. The zero-order valence-electron chi connectivity index (χ0n) is 14.5. The SMILES string of the molecule is O=C(N/C(=C\c1ccccc1F)C(=O)N1CCCCC1)c1ccccc1. The number of carbonyl (C=O) groups is 2. The topological polar surface area (TPSA) is 49.4 Å². The molecule has 1 fully saturated rings. The molecule has 0 radical (unpaired) electrons. The van der Waals surface area contributed by atoms with Gasteiger partial charge in [0.15, 0.2) is 0 Å². The Bertz CT molecular complexity index is 812. The van der Waals surface area contributed by atoms with Crippen molar-refractivity contribution in [2.45, 2.75) is 19.3 Å². The minimum Gasteiger partial charge on any atom is -0.337 e. The van der Waals surface area contributed by atoms with Crippen LogP contribution < -0.4 is 5.32 Å². The van der Waals surface area contributed by atoms with Gasteiger partial charge in [-0.05, 0) is 43.5 Å². The molecule has 1 heterocycles. The number of nitrogens with zero attached hydrogens (tertiary/aromatic N) is 1. The van der Waals surface area contributed by atoms with Crippen LogP contribution in [0, 0.1) is 5.82 Å². The first-order chi connectivity index (χ1) is 12.6. The molecule has 1 N–H and O–H groups in total. The van der Waals surface area contributed by atoms with E-state index in [9.17, 15) is 14.0 Å². The Morgan fingerprint density at radius 1 is 0.923 bits per heavy atom. The third kappa shape index (κ3) is 4.36. The highest BCUT2D eigenvalue weighted by molar-refractivity contribution is 6.05. The Hall–Kier alpha value is -2.95. The Balaban J connectivity index is 1.89. The molecule has 0 bridgehead atoms. The number of benzene rings is 2. The number of hydrogen-bond donors (Lipinski definition) is 1. The molecule has 134 valence electrons. The lowest BCUT2D eigenvalue weighted by Crippen LogP contribution is -2.41. The molecule has 2 amide bonds. The lowest BCUT2D eigenvalue weighted by molar-refractivity contribution is -0.128. The maximum absolute atomic E-state index is 14.0. The Kier molecular flexibility index (Phi) is 5.79. The van der Waals surface area contributed by atoms with Crippen LogP contribution in [0.25, 0.3) is 6.08 Å². The van der Waals surface area contributed by atoms with Gasteiger partial charge in [0.05, 0.1) is 0 Å². The van der Waals surface area contributed by atoms with Crippen molar-refractivity contribution in [3.63, 3.8) is 0 Å². The van der Waals surface area contributed by atoms with Gasteiger partial charge in [-0.1, -0.05) is 36.4 Å². The molecule has 4 nitrogen and oxygen atoms in total. The van der Waals surface area contributed by atoms with Gasteiger partial charge in [-0.15, -0.1) is 0 Å². The maximum Gasteiger partial charge on any atom is 0.270 e. The summed E-state index contributed by atoms with van der Waals surface area (Å²) in [5.41, 5.74) is 0.797. The summed E-state index contributed by atoms with van der Waals surface area (Å²) in [6, 6.07) is 14.8. The van der Waals surface area contributed by atoms with Crippen molar-refractivity contribution in [3.8, 4) is 0 Å². The molecule has 0 unspecified atom stereocenters. The summed E-state index contributed by atoms with van der Waals surface area (Å²) < 4.78 is 14.0. The number of hydrogen-bond acceptors (Lipinski definition) is 2. The molecule has 0 aliphatic carbocycles. The number of likely N-dealkylation sites (tertiary alicyclic amines) is 1. The largest absolute Gasteiger partial charge is 0.337 e. The molecule has 0 saturated carbocycles. The van der Waals surface area contributed by atoms with Crippen LogP contribution >= 0.6 is 0 Å². The lowest BCUT2D eigenvalue weighted by Gasteiger charge is -2.27. The summed E-state index contributed by atoms with van der Waals surface area (Å²) in [5, 5.41) is 2.67. The van der Waals surface area contributed by atoms with Gasteiger partial charge >= 0.3 is 0 Å². The van der Waals surface area contributed by atoms with E-state index in [0.29, 0.717) is 18.7 Å². The van der Waals surface area contributed by atoms with E-state index in [1.165, 1.54) is 12.1 Å². The second-order valence-electron chi connectivity index (χ2n) is 6.25. The van der Waals surface area contributed by atoms with Crippen molar-refractivity contribution < 1.29 is 14.0 Å². The molecule has 0 aromatic heterocycles. The monoisotopic (exact) mass is 352 g/mol. The Labute approximate surface area is 152 Å². The van der Waals surface area contributed by atoms with E-state index in [1.807, 2.05) is 6.07 Å². The number of carbonyl (C=O) groups excluding carboxylic acids is 2. The van der Waals surface area contributed by atoms with Crippen LogP contribution in [0.3, 0.4) is 0 Å². The third-order valence-electron chi connectivity index (χ3n) is 4.36. The van der Waals surface area contributed by atoms with E-state index in [1.54, 1.807) is 47.4 Å². The second kappa shape index (κ2) is 8.43. The van der Waals surface area contributed by atoms with E-state index >= 15 is 0 Å². The second-order valence-corrected chi connectivity index (χ2v) is 6.25. The van der Waals surface area contributed by atoms with Crippen molar-refractivity contribution in [2.24, 2.45) is 0 Å². The summed E-state index contributed by atoms with van der Waals surface area (Å²) in [6.45, 7) is 1.29. The lowest BCUT2D eigenvalue weighted by atomic mass is 10.1. The Morgan fingerprint density at radius 2 is 1.58 bits per heavy atom. The normalized spacial score (nSPS) is 14.8. The smallest absolute Gasteiger partial charge is 0.270 e. The average Bonchev–Trinajstić information content (AvgIpc) is 2.70. The molecule has 0 spiro atoms. The summed E-state index contributed by atoms with van der Waals surface area (Å²) >= 11 is 0. The first-order valence-corrected chi connectivity index (χ1v) is 8.77. The molecular weight excluding hydrogens is 331 g/mol. The zero-order valence-corrected chi connectivity index (χ0v) is 14.5. The summed E-state index contributed by atoms with van der Waals surface area (Å²) in [5.74, 6) is -1.11. The number of halogens is 1. The van der Waals surface area contributed by atoms with Gasteiger partial charge in [-0.25, -0.2) is 4.39 Å². The van der Waals surface area contributed by atoms with Crippen LogP contribution in [0.2, 0.25) is 0 Å². The molecular formula is C21H21FN2O2. The minimum absolute atomic E-state index is 0.0888. The molecule has 1 aliphatic heterocycles. The van der Waals surface area contributed by atoms with E-state index in [0.717, 1.165) is 19.3 Å². The highest BCUT2D eigenvalue weighted by Crippen LogP contribution is 2.16. The fraction of sp³-hybridized carbons (Fsp3) is 0.238. The van der Waals surface area contributed by atoms with Gasteiger partial charge in [0.25, 0.3) is 11.8 Å². The minimum atomic E-state index is -0.439. The molecule has 2 aromatic rings. The van der Waals surface area contributed by atoms with Gasteiger partial charge in [0.1, 0.15) is 11.5 Å². The van der Waals surface area contributed by atoms with Crippen LogP contribution in [-0.2, 0) is 4.79 Å². The van der Waals surface area contributed by atoms with Crippen molar-refractivity contribution >= 4 is 17.9 Å².